The second kappa shape index (κ2) is 7.33. The smallest absolute Gasteiger partial charge is 0.387 e. The fourth-order valence-corrected chi connectivity index (χ4v) is 2.05. The summed E-state index contributed by atoms with van der Waals surface area (Å²) in [6.45, 7) is -2.10. The Morgan fingerprint density at radius 2 is 1.76 bits per heavy atom. The van der Waals surface area contributed by atoms with E-state index in [2.05, 4.69) is 10.1 Å². The van der Waals surface area contributed by atoms with Crippen LogP contribution in [0.5, 0.6) is 5.75 Å². The summed E-state index contributed by atoms with van der Waals surface area (Å²) in [5.41, 5.74) is 1.26. The van der Waals surface area contributed by atoms with E-state index < -0.39 is 6.61 Å². The zero-order valence-electron chi connectivity index (χ0n) is 11.0. The minimum absolute atomic E-state index is 0.103. The highest BCUT2D eigenvalue weighted by atomic mass is 35.5. The average molecular weight is 316 g/mol. The summed E-state index contributed by atoms with van der Waals surface area (Å²) in [5, 5.41) is 3.41. The molecule has 2 aromatic rings. The molecule has 2 nitrogen and oxygen atoms in total. The molecule has 0 aliphatic carbocycles. The van der Waals surface area contributed by atoms with E-state index in [9.17, 15) is 13.2 Å². The van der Waals surface area contributed by atoms with Crippen molar-refractivity contribution in [2.24, 2.45) is 0 Å². The molecule has 0 radical (unpaired) electrons. The van der Waals surface area contributed by atoms with Gasteiger partial charge in [0.2, 0.25) is 0 Å². The van der Waals surface area contributed by atoms with Gasteiger partial charge in [0.1, 0.15) is 11.6 Å². The van der Waals surface area contributed by atoms with Crippen LogP contribution in [-0.4, -0.2) is 6.61 Å². The molecule has 0 aromatic heterocycles. The molecule has 2 aromatic carbocycles. The van der Waals surface area contributed by atoms with Crippen molar-refractivity contribution < 1.29 is 17.9 Å². The lowest BCUT2D eigenvalue weighted by atomic mass is 10.2. The van der Waals surface area contributed by atoms with E-state index in [1.807, 2.05) is 0 Å². The van der Waals surface area contributed by atoms with Crippen LogP contribution in [0.15, 0.2) is 42.5 Å². The zero-order chi connectivity index (χ0) is 15.2. The average Bonchev–Trinajstić information content (AvgIpc) is 2.43. The SMILES string of the molecule is Fc1cccc(Cl)c1CNCc1ccc(OC(F)F)cc1. The minimum atomic E-state index is -2.84. The maximum atomic E-state index is 13.5. The van der Waals surface area contributed by atoms with Crippen molar-refractivity contribution in [1.29, 1.82) is 0 Å². The van der Waals surface area contributed by atoms with E-state index in [1.165, 1.54) is 18.2 Å². The van der Waals surface area contributed by atoms with Crippen molar-refractivity contribution in [3.8, 4) is 5.75 Å². The summed E-state index contributed by atoms with van der Waals surface area (Å²) in [7, 11) is 0. The van der Waals surface area contributed by atoms with Crippen LogP contribution >= 0.6 is 11.6 Å². The van der Waals surface area contributed by atoms with Crippen molar-refractivity contribution in [3.63, 3.8) is 0 Å². The monoisotopic (exact) mass is 315 g/mol. The molecule has 0 saturated carbocycles. The Morgan fingerprint density at radius 3 is 2.38 bits per heavy atom. The summed E-state index contributed by atoms with van der Waals surface area (Å²) < 4.78 is 41.8. The molecule has 0 aliphatic rings. The van der Waals surface area contributed by atoms with Gasteiger partial charge in [0.15, 0.2) is 0 Å². The topological polar surface area (TPSA) is 21.3 Å². The summed E-state index contributed by atoms with van der Waals surface area (Å²) in [4.78, 5) is 0. The van der Waals surface area contributed by atoms with Gasteiger partial charge in [-0.1, -0.05) is 29.8 Å². The van der Waals surface area contributed by atoms with E-state index in [-0.39, 0.29) is 18.1 Å². The largest absolute Gasteiger partial charge is 0.435 e. The highest BCUT2D eigenvalue weighted by Crippen LogP contribution is 2.19. The summed E-state index contributed by atoms with van der Waals surface area (Å²) in [5.74, 6) is -0.262. The molecule has 0 unspecified atom stereocenters. The first kappa shape index (κ1) is 15.7. The molecule has 21 heavy (non-hydrogen) atoms. The number of hydrogen-bond donors (Lipinski definition) is 1. The number of hydrogen-bond acceptors (Lipinski definition) is 2. The van der Waals surface area contributed by atoms with Crippen molar-refractivity contribution in [3.05, 3.63) is 64.4 Å². The second-order valence-corrected chi connectivity index (χ2v) is 4.73. The molecule has 0 saturated heterocycles. The lowest BCUT2D eigenvalue weighted by molar-refractivity contribution is -0.0498. The second-order valence-electron chi connectivity index (χ2n) is 4.33. The molecule has 0 aliphatic heterocycles. The number of ether oxygens (including phenoxy) is 1. The van der Waals surface area contributed by atoms with Gasteiger partial charge < -0.3 is 10.1 Å². The van der Waals surface area contributed by atoms with Gasteiger partial charge in [0, 0.05) is 23.7 Å². The normalized spacial score (nSPS) is 10.9. The fourth-order valence-electron chi connectivity index (χ4n) is 1.82. The predicted molar refractivity (Wildman–Crippen MR) is 75.0 cm³/mol. The first-order valence-electron chi connectivity index (χ1n) is 6.23. The van der Waals surface area contributed by atoms with Gasteiger partial charge >= 0.3 is 6.61 Å². The van der Waals surface area contributed by atoms with Crippen molar-refractivity contribution >= 4 is 11.6 Å². The summed E-state index contributed by atoms with van der Waals surface area (Å²) in [6.07, 6.45) is 0. The van der Waals surface area contributed by atoms with E-state index in [0.717, 1.165) is 5.56 Å². The summed E-state index contributed by atoms with van der Waals surface area (Å²) in [6, 6.07) is 10.8. The van der Waals surface area contributed by atoms with Gasteiger partial charge in [-0.2, -0.15) is 8.78 Å². The molecule has 112 valence electrons. The number of benzene rings is 2. The molecule has 6 heteroatoms. The Morgan fingerprint density at radius 1 is 1.05 bits per heavy atom. The third-order valence-electron chi connectivity index (χ3n) is 2.84. The highest BCUT2D eigenvalue weighted by Gasteiger charge is 2.06. The Balaban J connectivity index is 1.89. The van der Waals surface area contributed by atoms with Crippen LogP contribution in [0.3, 0.4) is 0 Å². The molecule has 0 fully saturated rings. The number of alkyl halides is 2. The molecule has 0 spiro atoms. The van der Waals surface area contributed by atoms with Gasteiger partial charge in [-0.3, -0.25) is 0 Å². The molecule has 1 N–H and O–H groups in total. The Bertz CT molecular complexity index is 570. The third kappa shape index (κ3) is 4.65. The molecule has 0 heterocycles. The Labute approximate surface area is 125 Å². The molecular formula is C15H13ClF3NO. The van der Waals surface area contributed by atoms with E-state index >= 15 is 0 Å². The number of nitrogens with one attached hydrogen (secondary N) is 1. The highest BCUT2D eigenvalue weighted by molar-refractivity contribution is 6.31. The molecule has 0 atom stereocenters. The fraction of sp³-hybridized carbons (Fsp3) is 0.200. The maximum Gasteiger partial charge on any atom is 0.387 e. The summed E-state index contributed by atoms with van der Waals surface area (Å²) >= 11 is 5.91. The Kier molecular flexibility index (Phi) is 5.47. The van der Waals surface area contributed by atoms with Gasteiger partial charge in [-0.15, -0.1) is 0 Å². The van der Waals surface area contributed by atoms with Crippen LogP contribution in [0.25, 0.3) is 0 Å². The quantitative estimate of drug-likeness (QED) is 0.854. The van der Waals surface area contributed by atoms with Crippen LogP contribution in [0.4, 0.5) is 13.2 Å². The van der Waals surface area contributed by atoms with Crippen LogP contribution < -0.4 is 10.1 Å². The molecular weight excluding hydrogens is 303 g/mol. The van der Waals surface area contributed by atoms with Gasteiger partial charge in [0.05, 0.1) is 0 Å². The lowest BCUT2D eigenvalue weighted by Crippen LogP contribution is -2.14. The van der Waals surface area contributed by atoms with Gasteiger partial charge in [0.25, 0.3) is 0 Å². The number of halogens is 4. The minimum Gasteiger partial charge on any atom is -0.435 e. The van der Waals surface area contributed by atoms with Crippen molar-refractivity contribution in [2.75, 3.05) is 0 Å². The van der Waals surface area contributed by atoms with Crippen LogP contribution in [-0.2, 0) is 13.1 Å². The van der Waals surface area contributed by atoms with Gasteiger partial charge in [-0.05, 0) is 29.8 Å². The predicted octanol–water partition coefficient (Wildman–Crippen LogP) is 4.37. The zero-order valence-corrected chi connectivity index (χ0v) is 11.7. The Hall–Kier alpha value is -1.72. The number of rotatable bonds is 6. The van der Waals surface area contributed by atoms with E-state index in [1.54, 1.807) is 24.3 Å². The van der Waals surface area contributed by atoms with E-state index in [4.69, 9.17) is 11.6 Å². The van der Waals surface area contributed by atoms with E-state index in [0.29, 0.717) is 17.1 Å². The molecule has 0 bridgehead atoms. The van der Waals surface area contributed by atoms with Crippen molar-refractivity contribution in [2.45, 2.75) is 19.7 Å². The standard InChI is InChI=1S/C15H13ClF3NO/c16-13-2-1-3-14(17)12(13)9-20-8-10-4-6-11(7-5-10)21-15(18)19/h1-7,15,20H,8-9H2. The van der Waals surface area contributed by atoms with Crippen LogP contribution in [0.1, 0.15) is 11.1 Å². The molecule has 0 amide bonds. The maximum absolute atomic E-state index is 13.5. The van der Waals surface area contributed by atoms with Gasteiger partial charge in [-0.25, -0.2) is 4.39 Å². The third-order valence-corrected chi connectivity index (χ3v) is 3.20. The van der Waals surface area contributed by atoms with Crippen LogP contribution in [0, 0.1) is 5.82 Å². The molecule has 2 rings (SSSR count). The van der Waals surface area contributed by atoms with Crippen LogP contribution in [0.2, 0.25) is 5.02 Å². The first-order valence-corrected chi connectivity index (χ1v) is 6.61. The first-order chi connectivity index (χ1) is 10.1. The van der Waals surface area contributed by atoms with Crippen molar-refractivity contribution in [1.82, 2.24) is 5.32 Å². The lowest BCUT2D eigenvalue weighted by Gasteiger charge is -2.09.